The standard InChI is InChI=1S/C13H29IOSi/c1-4-6-8-10-12-16(14,15-3)13-11-9-7-5-2/h4-13H2,1-3H3. The molecular weight excluding hydrogens is 327 g/mol. The molecule has 0 heterocycles. The molecule has 0 rings (SSSR count). The summed E-state index contributed by atoms with van der Waals surface area (Å²) in [7, 11) is 1.93. The molecule has 0 saturated carbocycles. The summed E-state index contributed by atoms with van der Waals surface area (Å²) in [5, 5.41) is 0. The van der Waals surface area contributed by atoms with Crippen LogP contribution >= 0.6 is 21.8 Å². The zero-order valence-corrected chi connectivity index (χ0v) is 14.5. The van der Waals surface area contributed by atoms with Gasteiger partial charge >= 0.3 is 0 Å². The van der Waals surface area contributed by atoms with Crippen molar-refractivity contribution < 1.29 is 4.43 Å². The molecule has 3 heteroatoms. The van der Waals surface area contributed by atoms with Crippen LogP contribution in [0, 0.1) is 0 Å². The highest BCUT2D eigenvalue weighted by atomic mass is 127. The first-order chi connectivity index (χ1) is 7.68. The van der Waals surface area contributed by atoms with Crippen LogP contribution in [0.15, 0.2) is 0 Å². The van der Waals surface area contributed by atoms with Gasteiger partial charge in [-0.1, -0.05) is 87.0 Å². The predicted molar refractivity (Wildman–Crippen MR) is 84.7 cm³/mol. The van der Waals surface area contributed by atoms with E-state index in [1.54, 1.807) is 0 Å². The quantitative estimate of drug-likeness (QED) is 0.201. The van der Waals surface area contributed by atoms with Crippen LogP contribution in [0.2, 0.25) is 12.1 Å². The summed E-state index contributed by atoms with van der Waals surface area (Å²) in [6.45, 7) is 4.55. The lowest BCUT2D eigenvalue weighted by Crippen LogP contribution is -2.28. The number of unbranched alkanes of at least 4 members (excludes halogenated alkanes) is 6. The van der Waals surface area contributed by atoms with E-state index in [0.717, 1.165) is 0 Å². The monoisotopic (exact) mass is 356 g/mol. The second kappa shape index (κ2) is 11.0. The van der Waals surface area contributed by atoms with E-state index in [4.69, 9.17) is 4.43 Å². The minimum atomic E-state index is -1.35. The second-order valence-electron chi connectivity index (χ2n) is 4.71. The van der Waals surface area contributed by atoms with Gasteiger partial charge in [0.05, 0.1) is 0 Å². The van der Waals surface area contributed by atoms with Gasteiger partial charge in [0.2, 0.25) is 0 Å². The first-order valence-corrected chi connectivity index (χ1v) is 12.4. The third kappa shape index (κ3) is 8.99. The van der Waals surface area contributed by atoms with Gasteiger partial charge in [-0.2, -0.15) is 0 Å². The Balaban J connectivity index is 3.64. The van der Waals surface area contributed by atoms with Crippen molar-refractivity contribution in [1.29, 1.82) is 0 Å². The maximum atomic E-state index is 5.82. The van der Waals surface area contributed by atoms with Crippen molar-refractivity contribution in [3.05, 3.63) is 0 Å². The Hall–Kier alpha value is 0.907. The number of rotatable bonds is 11. The van der Waals surface area contributed by atoms with Crippen molar-refractivity contribution >= 4 is 27.6 Å². The Morgan fingerprint density at radius 1 is 0.812 bits per heavy atom. The molecule has 0 aliphatic heterocycles. The smallest absolute Gasteiger partial charge is 0.258 e. The SMILES string of the molecule is CCCCCC[Si](I)(CCCCCC)OC. The molecule has 0 aliphatic carbocycles. The van der Waals surface area contributed by atoms with Crippen LogP contribution in [0.25, 0.3) is 0 Å². The first kappa shape index (κ1) is 16.9. The van der Waals surface area contributed by atoms with E-state index in [-0.39, 0.29) is 0 Å². The molecule has 0 aromatic rings. The summed E-state index contributed by atoms with van der Waals surface area (Å²) >= 11 is 2.66. The summed E-state index contributed by atoms with van der Waals surface area (Å²) in [5.74, 6) is -1.35. The molecule has 0 unspecified atom stereocenters. The molecule has 0 aromatic carbocycles. The summed E-state index contributed by atoms with van der Waals surface area (Å²) in [5.41, 5.74) is 0. The average Bonchev–Trinajstić information content (AvgIpc) is 2.31. The molecule has 16 heavy (non-hydrogen) atoms. The third-order valence-corrected chi connectivity index (χ3v) is 10.7. The molecule has 0 amide bonds. The third-order valence-electron chi connectivity index (χ3n) is 3.17. The Labute approximate surface area is 116 Å². The van der Waals surface area contributed by atoms with Crippen LogP contribution in [-0.2, 0) is 4.43 Å². The topological polar surface area (TPSA) is 9.23 Å². The van der Waals surface area contributed by atoms with Gasteiger partial charge in [0.25, 0.3) is 5.81 Å². The van der Waals surface area contributed by atoms with E-state index in [1.807, 2.05) is 7.11 Å². The van der Waals surface area contributed by atoms with E-state index < -0.39 is 5.81 Å². The molecule has 0 bridgehead atoms. The zero-order chi connectivity index (χ0) is 12.3. The van der Waals surface area contributed by atoms with Crippen LogP contribution in [0.1, 0.15) is 65.2 Å². The molecule has 0 radical (unpaired) electrons. The van der Waals surface area contributed by atoms with Crippen molar-refractivity contribution in [3.63, 3.8) is 0 Å². The number of hydrogen-bond donors (Lipinski definition) is 0. The van der Waals surface area contributed by atoms with E-state index >= 15 is 0 Å². The summed E-state index contributed by atoms with van der Waals surface area (Å²) in [6, 6.07) is 2.71. The van der Waals surface area contributed by atoms with Crippen LogP contribution in [0.5, 0.6) is 0 Å². The van der Waals surface area contributed by atoms with Gasteiger partial charge in [-0.05, 0) is 12.1 Å². The van der Waals surface area contributed by atoms with Gasteiger partial charge in [-0.25, -0.2) is 0 Å². The van der Waals surface area contributed by atoms with Crippen LogP contribution in [0.4, 0.5) is 0 Å². The second-order valence-corrected chi connectivity index (χ2v) is 13.8. The molecule has 0 spiro atoms. The van der Waals surface area contributed by atoms with E-state index in [0.29, 0.717) is 0 Å². The number of halogens is 1. The normalized spacial score (nSPS) is 12.0. The minimum Gasteiger partial charge on any atom is -0.410 e. The lowest BCUT2D eigenvalue weighted by atomic mass is 10.2. The molecule has 0 aliphatic rings. The van der Waals surface area contributed by atoms with Crippen molar-refractivity contribution in [1.82, 2.24) is 0 Å². The van der Waals surface area contributed by atoms with E-state index in [9.17, 15) is 0 Å². The van der Waals surface area contributed by atoms with Crippen molar-refractivity contribution in [2.24, 2.45) is 0 Å². The van der Waals surface area contributed by atoms with E-state index in [2.05, 4.69) is 35.6 Å². The highest BCUT2D eigenvalue weighted by molar-refractivity contribution is 14.1. The zero-order valence-electron chi connectivity index (χ0n) is 11.4. The van der Waals surface area contributed by atoms with E-state index in [1.165, 1.54) is 63.5 Å². The summed E-state index contributed by atoms with van der Waals surface area (Å²) in [4.78, 5) is 0. The molecule has 0 saturated heterocycles. The fraction of sp³-hybridized carbons (Fsp3) is 1.00. The predicted octanol–water partition coefficient (Wildman–Crippen LogP) is 5.67. The largest absolute Gasteiger partial charge is 0.410 e. The van der Waals surface area contributed by atoms with Gasteiger partial charge in [0, 0.05) is 7.11 Å². The van der Waals surface area contributed by atoms with Gasteiger partial charge in [0.1, 0.15) is 0 Å². The van der Waals surface area contributed by atoms with Crippen molar-refractivity contribution in [2.45, 2.75) is 77.3 Å². The lowest BCUT2D eigenvalue weighted by molar-refractivity contribution is 0.409. The Bertz CT molecular complexity index is 141. The summed E-state index contributed by atoms with van der Waals surface area (Å²) < 4.78 is 5.82. The fourth-order valence-electron chi connectivity index (χ4n) is 1.96. The van der Waals surface area contributed by atoms with Gasteiger partial charge in [0.15, 0.2) is 0 Å². The van der Waals surface area contributed by atoms with Gasteiger partial charge < -0.3 is 4.43 Å². The maximum absolute atomic E-state index is 5.82. The van der Waals surface area contributed by atoms with Crippen molar-refractivity contribution in [3.8, 4) is 0 Å². The number of hydrogen-bond acceptors (Lipinski definition) is 1. The first-order valence-electron chi connectivity index (χ1n) is 6.92. The highest BCUT2D eigenvalue weighted by Gasteiger charge is 2.28. The molecule has 98 valence electrons. The molecule has 0 N–H and O–H groups in total. The highest BCUT2D eigenvalue weighted by Crippen LogP contribution is 2.29. The molecular formula is C13H29IOSi. The maximum Gasteiger partial charge on any atom is 0.258 e. The Morgan fingerprint density at radius 2 is 1.25 bits per heavy atom. The lowest BCUT2D eigenvalue weighted by Gasteiger charge is -2.23. The Morgan fingerprint density at radius 3 is 1.56 bits per heavy atom. The molecule has 0 aromatic heterocycles. The minimum absolute atomic E-state index is 1.33. The van der Waals surface area contributed by atoms with Gasteiger partial charge in [-0.3, -0.25) is 0 Å². The van der Waals surface area contributed by atoms with Crippen LogP contribution < -0.4 is 0 Å². The fourth-order valence-corrected chi connectivity index (χ4v) is 6.46. The van der Waals surface area contributed by atoms with Crippen LogP contribution in [-0.4, -0.2) is 12.9 Å². The molecule has 0 fully saturated rings. The van der Waals surface area contributed by atoms with Crippen molar-refractivity contribution in [2.75, 3.05) is 7.11 Å². The van der Waals surface area contributed by atoms with Crippen LogP contribution in [0.3, 0.4) is 0 Å². The average molecular weight is 356 g/mol. The Kier molecular flexibility index (Phi) is 11.6. The van der Waals surface area contributed by atoms with Gasteiger partial charge in [-0.15, -0.1) is 0 Å². The molecule has 1 nitrogen and oxygen atoms in total. The summed E-state index contributed by atoms with van der Waals surface area (Å²) in [6.07, 6.45) is 11.0. The molecule has 0 atom stereocenters.